The van der Waals surface area contributed by atoms with Crippen molar-refractivity contribution in [2.75, 3.05) is 6.54 Å². The van der Waals surface area contributed by atoms with Crippen molar-refractivity contribution < 1.29 is 0 Å². The van der Waals surface area contributed by atoms with Crippen molar-refractivity contribution in [3.8, 4) is 0 Å². The van der Waals surface area contributed by atoms with E-state index in [0.717, 1.165) is 19.5 Å². The SMILES string of the molecule is CCNC(c1cccc(C)c1C)c1cc(CC)nn1CC. The van der Waals surface area contributed by atoms with Crippen molar-refractivity contribution in [2.45, 2.75) is 53.6 Å². The number of benzene rings is 1. The summed E-state index contributed by atoms with van der Waals surface area (Å²) in [5.74, 6) is 0. The zero-order valence-corrected chi connectivity index (χ0v) is 13.9. The lowest BCUT2D eigenvalue weighted by molar-refractivity contribution is 0.538. The molecule has 0 aliphatic heterocycles. The highest BCUT2D eigenvalue weighted by Gasteiger charge is 2.20. The van der Waals surface area contributed by atoms with Gasteiger partial charge in [0.05, 0.1) is 17.4 Å². The molecule has 0 saturated carbocycles. The van der Waals surface area contributed by atoms with Gasteiger partial charge in [-0.15, -0.1) is 0 Å². The lowest BCUT2D eigenvalue weighted by Crippen LogP contribution is -2.25. The van der Waals surface area contributed by atoms with Crippen molar-refractivity contribution in [3.63, 3.8) is 0 Å². The average molecular weight is 285 g/mol. The van der Waals surface area contributed by atoms with Gasteiger partial charge in [0.1, 0.15) is 0 Å². The third-order valence-corrected chi connectivity index (χ3v) is 4.19. The predicted molar refractivity (Wildman–Crippen MR) is 88.7 cm³/mol. The molecule has 0 spiro atoms. The third kappa shape index (κ3) is 3.18. The summed E-state index contributed by atoms with van der Waals surface area (Å²) in [5, 5.41) is 8.34. The van der Waals surface area contributed by atoms with Crippen LogP contribution in [0.5, 0.6) is 0 Å². The molecule has 0 aliphatic rings. The van der Waals surface area contributed by atoms with Crippen LogP contribution in [0.1, 0.15) is 54.9 Å². The first-order chi connectivity index (χ1) is 10.1. The van der Waals surface area contributed by atoms with Gasteiger partial charge in [-0.3, -0.25) is 4.68 Å². The molecule has 0 saturated heterocycles. The monoisotopic (exact) mass is 285 g/mol. The van der Waals surface area contributed by atoms with Crippen LogP contribution in [0.25, 0.3) is 0 Å². The van der Waals surface area contributed by atoms with Crippen LogP contribution in [0.3, 0.4) is 0 Å². The van der Waals surface area contributed by atoms with Crippen LogP contribution in [0.15, 0.2) is 24.3 Å². The van der Waals surface area contributed by atoms with Crippen LogP contribution in [-0.2, 0) is 13.0 Å². The van der Waals surface area contributed by atoms with Gasteiger partial charge < -0.3 is 5.32 Å². The molecule has 2 rings (SSSR count). The van der Waals surface area contributed by atoms with Crippen molar-refractivity contribution in [1.29, 1.82) is 0 Å². The molecular weight excluding hydrogens is 258 g/mol. The largest absolute Gasteiger partial charge is 0.305 e. The summed E-state index contributed by atoms with van der Waals surface area (Å²) < 4.78 is 2.13. The second-order valence-electron chi connectivity index (χ2n) is 5.51. The first-order valence-electron chi connectivity index (χ1n) is 7.98. The first-order valence-corrected chi connectivity index (χ1v) is 7.98. The van der Waals surface area contributed by atoms with Gasteiger partial charge in [0, 0.05) is 6.54 Å². The van der Waals surface area contributed by atoms with Gasteiger partial charge in [-0.2, -0.15) is 5.10 Å². The van der Waals surface area contributed by atoms with Crippen LogP contribution in [0.4, 0.5) is 0 Å². The maximum atomic E-state index is 4.70. The molecule has 1 unspecified atom stereocenters. The molecule has 0 radical (unpaired) electrons. The smallest absolute Gasteiger partial charge is 0.0750 e. The number of aryl methyl sites for hydroxylation is 3. The molecule has 0 bridgehead atoms. The molecule has 1 heterocycles. The van der Waals surface area contributed by atoms with E-state index in [2.05, 4.69) is 68.9 Å². The standard InChI is InChI=1S/C18H27N3/c1-6-15-12-17(21(8-3)20-15)18(19-7-2)16-11-9-10-13(4)14(16)5/h9-12,18-19H,6-8H2,1-5H3. The van der Waals surface area contributed by atoms with E-state index in [0.29, 0.717) is 0 Å². The lowest BCUT2D eigenvalue weighted by atomic mass is 9.95. The molecule has 21 heavy (non-hydrogen) atoms. The number of nitrogens with zero attached hydrogens (tertiary/aromatic N) is 2. The molecule has 0 aliphatic carbocycles. The van der Waals surface area contributed by atoms with Crippen LogP contribution in [0.2, 0.25) is 0 Å². The predicted octanol–water partition coefficient (Wildman–Crippen LogP) is 3.78. The molecule has 114 valence electrons. The topological polar surface area (TPSA) is 29.9 Å². The van der Waals surface area contributed by atoms with E-state index in [4.69, 9.17) is 5.10 Å². The average Bonchev–Trinajstić information content (AvgIpc) is 2.91. The Morgan fingerprint density at radius 3 is 2.57 bits per heavy atom. The van der Waals surface area contributed by atoms with E-state index < -0.39 is 0 Å². The molecule has 2 aromatic rings. The van der Waals surface area contributed by atoms with Crippen molar-refractivity contribution in [3.05, 3.63) is 52.3 Å². The van der Waals surface area contributed by atoms with Crippen LogP contribution in [-0.4, -0.2) is 16.3 Å². The lowest BCUT2D eigenvalue weighted by Gasteiger charge is -2.22. The summed E-state index contributed by atoms with van der Waals surface area (Å²) in [6.45, 7) is 12.7. The molecule has 0 fully saturated rings. The maximum Gasteiger partial charge on any atom is 0.0750 e. The van der Waals surface area contributed by atoms with E-state index >= 15 is 0 Å². The Bertz CT molecular complexity index is 599. The summed E-state index contributed by atoms with van der Waals surface area (Å²) in [7, 11) is 0. The summed E-state index contributed by atoms with van der Waals surface area (Å²) in [4.78, 5) is 0. The molecule has 0 amide bonds. The molecular formula is C18H27N3. The van der Waals surface area contributed by atoms with E-state index in [1.807, 2.05) is 0 Å². The van der Waals surface area contributed by atoms with Gasteiger partial charge in [-0.05, 0) is 56.5 Å². The minimum atomic E-state index is 0.211. The Kier molecular flexibility index (Phi) is 5.18. The number of aromatic nitrogens is 2. The minimum absolute atomic E-state index is 0.211. The van der Waals surface area contributed by atoms with Gasteiger partial charge in [0.2, 0.25) is 0 Å². The van der Waals surface area contributed by atoms with Crippen LogP contribution >= 0.6 is 0 Å². The number of nitrogens with one attached hydrogen (secondary N) is 1. The zero-order valence-electron chi connectivity index (χ0n) is 13.9. The highest BCUT2D eigenvalue weighted by atomic mass is 15.3. The molecule has 1 aromatic carbocycles. The van der Waals surface area contributed by atoms with Crippen molar-refractivity contribution in [1.82, 2.24) is 15.1 Å². The summed E-state index contributed by atoms with van der Waals surface area (Å²) in [6, 6.07) is 9.02. The van der Waals surface area contributed by atoms with Gasteiger partial charge in [0.15, 0.2) is 0 Å². The Morgan fingerprint density at radius 2 is 1.95 bits per heavy atom. The second-order valence-corrected chi connectivity index (χ2v) is 5.51. The van der Waals surface area contributed by atoms with Gasteiger partial charge in [-0.25, -0.2) is 0 Å². The minimum Gasteiger partial charge on any atom is -0.305 e. The number of rotatable bonds is 6. The Hall–Kier alpha value is -1.61. The first kappa shape index (κ1) is 15.8. The molecule has 3 nitrogen and oxygen atoms in total. The fraction of sp³-hybridized carbons (Fsp3) is 0.500. The van der Waals surface area contributed by atoms with E-state index in [-0.39, 0.29) is 6.04 Å². The van der Waals surface area contributed by atoms with Gasteiger partial charge in [0.25, 0.3) is 0 Å². The highest BCUT2D eigenvalue weighted by molar-refractivity contribution is 5.39. The summed E-state index contributed by atoms with van der Waals surface area (Å²) in [6.07, 6.45) is 0.978. The fourth-order valence-electron chi connectivity index (χ4n) is 2.81. The Labute approximate surface area is 128 Å². The summed E-state index contributed by atoms with van der Waals surface area (Å²) in [5.41, 5.74) is 6.50. The quantitative estimate of drug-likeness (QED) is 0.875. The Morgan fingerprint density at radius 1 is 1.19 bits per heavy atom. The summed E-state index contributed by atoms with van der Waals surface area (Å²) >= 11 is 0. The number of hydrogen-bond acceptors (Lipinski definition) is 2. The fourth-order valence-corrected chi connectivity index (χ4v) is 2.81. The van der Waals surface area contributed by atoms with E-state index in [9.17, 15) is 0 Å². The maximum absolute atomic E-state index is 4.70. The van der Waals surface area contributed by atoms with E-state index in [1.165, 1.54) is 28.1 Å². The molecule has 3 heteroatoms. The van der Waals surface area contributed by atoms with Crippen LogP contribution < -0.4 is 5.32 Å². The third-order valence-electron chi connectivity index (χ3n) is 4.19. The van der Waals surface area contributed by atoms with Gasteiger partial charge in [-0.1, -0.05) is 32.0 Å². The van der Waals surface area contributed by atoms with Crippen molar-refractivity contribution >= 4 is 0 Å². The van der Waals surface area contributed by atoms with Crippen molar-refractivity contribution in [2.24, 2.45) is 0 Å². The highest BCUT2D eigenvalue weighted by Crippen LogP contribution is 2.27. The Balaban J connectivity index is 2.53. The van der Waals surface area contributed by atoms with Crippen LogP contribution in [0, 0.1) is 13.8 Å². The zero-order chi connectivity index (χ0) is 15.4. The molecule has 1 atom stereocenters. The number of hydrogen-bond donors (Lipinski definition) is 1. The second kappa shape index (κ2) is 6.90. The van der Waals surface area contributed by atoms with E-state index in [1.54, 1.807) is 0 Å². The molecule has 1 aromatic heterocycles. The molecule has 1 N–H and O–H groups in total. The normalized spacial score (nSPS) is 12.6. The van der Waals surface area contributed by atoms with Gasteiger partial charge >= 0.3 is 0 Å².